The fourth-order valence-electron chi connectivity index (χ4n) is 1.32. The lowest BCUT2D eigenvalue weighted by Gasteiger charge is -2.29. The van der Waals surface area contributed by atoms with Gasteiger partial charge in [0.25, 0.3) is 0 Å². The normalized spacial score (nSPS) is 16.1. The topological polar surface area (TPSA) is 29.1 Å². The van der Waals surface area contributed by atoms with Crippen LogP contribution in [0.1, 0.15) is 54.4 Å². The van der Waals surface area contributed by atoms with E-state index in [2.05, 4.69) is 39.9 Å². The van der Waals surface area contributed by atoms with Crippen molar-refractivity contribution in [1.29, 1.82) is 0 Å². The first-order valence-corrected chi connectivity index (χ1v) is 5.56. The van der Waals surface area contributed by atoms with Gasteiger partial charge in [0.05, 0.1) is 0 Å². The molecule has 0 heterocycles. The lowest BCUT2D eigenvalue weighted by Crippen LogP contribution is -2.35. The van der Waals surface area contributed by atoms with Crippen molar-refractivity contribution in [2.75, 3.05) is 0 Å². The first-order chi connectivity index (χ1) is 6.27. The summed E-state index contributed by atoms with van der Waals surface area (Å²) in [4.78, 5) is 11.1. The van der Waals surface area contributed by atoms with Gasteiger partial charge in [0.15, 0.2) is 0 Å². The fraction of sp³-hybridized carbons (Fsp3) is 0.917. The molecule has 0 aliphatic heterocycles. The Bertz CT molecular complexity index is 181. The zero-order valence-corrected chi connectivity index (χ0v) is 10.5. The molecular weight excluding hydrogens is 174 g/mol. The molecule has 0 aliphatic carbocycles. The van der Waals surface area contributed by atoms with Gasteiger partial charge in [-0.3, -0.25) is 4.79 Å². The number of rotatable bonds is 4. The molecule has 1 N–H and O–H groups in total. The molecule has 84 valence electrons. The Morgan fingerprint density at radius 1 is 1.29 bits per heavy atom. The molecule has 0 saturated carbocycles. The third-order valence-electron chi connectivity index (χ3n) is 2.91. The summed E-state index contributed by atoms with van der Waals surface area (Å²) >= 11 is 0. The average Bonchev–Trinajstić information content (AvgIpc) is 2.02. The van der Waals surface area contributed by atoms with E-state index in [-0.39, 0.29) is 11.9 Å². The molecule has 0 aliphatic rings. The van der Waals surface area contributed by atoms with Gasteiger partial charge in [0.2, 0.25) is 5.91 Å². The second-order valence-corrected chi connectivity index (χ2v) is 5.32. The number of carbonyl (C=O) groups excluding carboxylic acids is 1. The quantitative estimate of drug-likeness (QED) is 0.741. The van der Waals surface area contributed by atoms with Crippen molar-refractivity contribution in [2.24, 2.45) is 11.3 Å². The monoisotopic (exact) mass is 199 g/mol. The predicted octanol–water partition coefficient (Wildman–Crippen LogP) is 2.97. The highest BCUT2D eigenvalue weighted by Gasteiger charge is 2.22. The Morgan fingerprint density at radius 3 is 2.14 bits per heavy atom. The van der Waals surface area contributed by atoms with E-state index in [0.29, 0.717) is 17.8 Å². The predicted molar refractivity (Wildman–Crippen MR) is 61.1 cm³/mol. The van der Waals surface area contributed by atoms with Crippen LogP contribution in [0, 0.1) is 11.3 Å². The average molecular weight is 199 g/mol. The molecule has 1 amide bonds. The Balaban J connectivity index is 3.94. The van der Waals surface area contributed by atoms with Gasteiger partial charge in [-0.1, -0.05) is 34.6 Å². The second-order valence-electron chi connectivity index (χ2n) is 5.32. The highest BCUT2D eigenvalue weighted by Crippen LogP contribution is 2.28. The SMILES string of the molecule is CCC(=O)NC(C)CC(C)C(C)(C)C. The van der Waals surface area contributed by atoms with E-state index in [9.17, 15) is 4.79 Å². The van der Waals surface area contributed by atoms with E-state index in [0.717, 1.165) is 6.42 Å². The highest BCUT2D eigenvalue weighted by molar-refractivity contribution is 5.75. The minimum Gasteiger partial charge on any atom is -0.354 e. The van der Waals surface area contributed by atoms with Crippen LogP contribution in [0.5, 0.6) is 0 Å². The molecule has 2 unspecified atom stereocenters. The van der Waals surface area contributed by atoms with Crippen molar-refractivity contribution < 1.29 is 4.79 Å². The molecule has 0 bridgehead atoms. The molecule has 0 aromatic rings. The van der Waals surface area contributed by atoms with Crippen LogP contribution >= 0.6 is 0 Å². The van der Waals surface area contributed by atoms with Crippen molar-refractivity contribution in [3.05, 3.63) is 0 Å². The molecule has 2 atom stereocenters. The van der Waals surface area contributed by atoms with Crippen molar-refractivity contribution in [1.82, 2.24) is 5.32 Å². The summed E-state index contributed by atoms with van der Waals surface area (Å²) in [5.41, 5.74) is 0.325. The molecule has 0 radical (unpaired) electrons. The Morgan fingerprint density at radius 2 is 1.79 bits per heavy atom. The molecule has 0 rings (SSSR count). The fourth-order valence-corrected chi connectivity index (χ4v) is 1.32. The first kappa shape index (κ1) is 13.5. The third kappa shape index (κ3) is 5.25. The first-order valence-electron chi connectivity index (χ1n) is 5.56. The number of amides is 1. The van der Waals surface area contributed by atoms with E-state index in [1.54, 1.807) is 0 Å². The van der Waals surface area contributed by atoms with Crippen LogP contribution in [0.2, 0.25) is 0 Å². The Hall–Kier alpha value is -0.530. The van der Waals surface area contributed by atoms with Crippen LogP contribution in [0.3, 0.4) is 0 Å². The summed E-state index contributed by atoms with van der Waals surface area (Å²) in [6, 6.07) is 0.289. The van der Waals surface area contributed by atoms with Crippen molar-refractivity contribution in [3.63, 3.8) is 0 Å². The van der Waals surface area contributed by atoms with E-state index in [4.69, 9.17) is 0 Å². The van der Waals surface area contributed by atoms with Crippen LogP contribution in [0.15, 0.2) is 0 Å². The number of hydrogen-bond donors (Lipinski definition) is 1. The molecule has 0 aromatic heterocycles. The van der Waals surface area contributed by atoms with Crippen LogP contribution in [-0.4, -0.2) is 11.9 Å². The smallest absolute Gasteiger partial charge is 0.219 e. The minimum absolute atomic E-state index is 0.151. The molecule has 0 saturated heterocycles. The van der Waals surface area contributed by atoms with Crippen molar-refractivity contribution in [3.8, 4) is 0 Å². The van der Waals surface area contributed by atoms with Crippen LogP contribution in [0.25, 0.3) is 0 Å². The number of nitrogens with one attached hydrogen (secondary N) is 1. The molecule has 0 spiro atoms. The van der Waals surface area contributed by atoms with E-state index in [1.165, 1.54) is 0 Å². The molecule has 14 heavy (non-hydrogen) atoms. The summed E-state index contributed by atoms with van der Waals surface area (Å²) in [5, 5.41) is 2.99. The summed E-state index contributed by atoms with van der Waals surface area (Å²) in [7, 11) is 0. The molecule has 0 aromatic carbocycles. The molecule has 2 heteroatoms. The zero-order chi connectivity index (χ0) is 11.4. The maximum Gasteiger partial charge on any atom is 0.219 e. The lowest BCUT2D eigenvalue weighted by atomic mass is 9.79. The van der Waals surface area contributed by atoms with Crippen LogP contribution in [0.4, 0.5) is 0 Å². The Labute approximate surface area is 88.5 Å². The largest absolute Gasteiger partial charge is 0.354 e. The lowest BCUT2D eigenvalue weighted by molar-refractivity contribution is -0.121. The van der Waals surface area contributed by atoms with Gasteiger partial charge in [-0.2, -0.15) is 0 Å². The van der Waals surface area contributed by atoms with Crippen molar-refractivity contribution in [2.45, 2.75) is 60.4 Å². The Kier molecular flexibility index (Phi) is 5.17. The molecule has 0 fully saturated rings. The maximum absolute atomic E-state index is 11.1. The highest BCUT2D eigenvalue weighted by atomic mass is 16.1. The van der Waals surface area contributed by atoms with Crippen LogP contribution < -0.4 is 5.32 Å². The third-order valence-corrected chi connectivity index (χ3v) is 2.91. The maximum atomic E-state index is 11.1. The van der Waals surface area contributed by atoms with Gasteiger partial charge in [0.1, 0.15) is 0 Å². The van der Waals surface area contributed by atoms with E-state index >= 15 is 0 Å². The van der Waals surface area contributed by atoms with Gasteiger partial charge in [-0.15, -0.1) is 0 Å². The zero-order valence-electron chi connectivity index (χ0n) is 10.5. The summed E-state index contributed by atoms with van der Waals surface area (Å²) in [6.45, 7) is 12.9. The molecular formula is C12H25NO. The summed E-state index contributed by atoms with van der Waals surface area (Å²) < 4.78 is 0. The van der Waals surface area contributed by atoms with Gasteiger partial charge in [-0.25, -0.2) is 0 Å². The number of hydrogen-bond acceptors (Lipinski definition) is 1. The van der Waals surface area contributed by atoms with Gasteiger partial charge in [0, 0.05) is 12.5 Å². The van der Waals surface area contributed by atoms with Gasteiger partial charge < -0.3 is 5.32 Å². The molecule has 2 nitrogen and oxygen atoms in total. The van der Waals surface area contributed by atoms with E-state index < -0.39 is 0 Å². The summed E-state index contributed by atoms with van der Waals surface area (Å²) in [5.74, 6) is 0.772. The van der Waals surface area contributed by atoms with Crippen molar-refractivity contribution >= 4 is 5.91 Å². The summed E-state index contributed by atoms with van der Waals surface area (Å²) in [6.07, 6.45) is 1.63. The minimum atomic E-state index is 0.151. The van der Waals surface area contributed by atoms with Crippen LogP contribution in [-0.2, 0) is 4.79 Å². The van der Waals surface area contributed by atoms with Gasteiger partial charge in [-0.05, 0) is 24.7 Å². The van der Waals surface area contributed by atoms with Gasteiger partial charge >= 0.3 is 0 Å². The van der Waals surface area contributed by atoms with E-state index in [1.807, 2.05) is 6.92 Å². The standard InChI is InChI=1S/C12H25NO/c1-7-11(14)13-10(3)8-9(2)12(4,5)6/h9-10H,7-8H2,1-6H3,(H,13,14). The number of carbonyl (C=O) groups is 1. The second kappa shape index (κ2) is 5.38.